The standard InChI is InChI=1S/C13H21N3O3/c1-10-13(19)14-6-8-16(10)12(18)9-15-7-4-2-3-5-11(15)17/h10H,2-9H2,1H3,(H,14,19). The molecule has 1 atom stereocenters. The van der Waals surface area contributed by atoms with Gasteiger partial charge in [-0.3, -0.25) is 14.4 Å². The van der Waals surface area contributed by atoms with Crippen molar-refractivity contribution in [2.75, 3.05) is 26.2 Å². The van der Waals surface area contributed by atoms with Crippen molar-refractivity contribution in [1.82, 2.24) is 15.1 Å². The highest BCUT2D eigenvalue weighted by molar-refractivity contribution is 5.90. The van der Waals surface area contributed by atoms with Crippen LogP contribution >= 0.6 is 0 Å². The summed E-state index contributed by atoms with van der Waals surface area (Å²) in [4.78, 5) is 38.8. The van der Waals surface area contributed by atoms with E-state index in [0.717, 1.165) is 19.3 Å². The summed E-state index contributed by atoms with van der Waals surface area (Å²) in [6.45, 7) is 3.49. The molecule has 19 heavy (non-hydrogen) atoms. The highest BCUT2D eigenvalue weighted by Crippen LogP contribution is 2.12. The third-order valence-electron chi connectivity index (χ3n) is 3.82. The van der Waals surface area contributed by atoms with Crippen LogP contribution in [0.4, 0.5) is 0 Å². The van der Waals surface area contributed by atoms with Crippen LogP contribution in [0.15, 0.2) is 0 Å². The minimum atomic E-state index is -0.441. The highest BCUT2D eigenvalue weighted by atomic mass is 16.2. The van der Waals surface area contributed by atoms with Crippen LogP contribution in [0.2, 0.25) is 0 Å². The zero-order chi connectivity index (χ0) is 13.8. The van der Waals surface area contributed by atoms with E-state index >= 15 is 0 Å². The SMILES string of the molecule is CC1C(=O)NCCN1C(=O)CN1CCCCCC1=O. The van der Waals surface area contributed by atoms with E-state index in [0.29, 0.717) is 26.1 Å². The molecule has 0 radical (unpaired) electrons. The zero-order valence-electron chi connectivity index (χ0n) is 11.4. The van der Waals surface area contributed by atoms with Crippen LogP contribution in [-0.2, 0) is 14.4 Å². The Bertz CT molecular complexity index is 383. The Morgan fingerprint density at radius 2 is 2.05 bits per heavy atom. The molecule has 1 unspecified atom stereocenters. The molecule has 2 aliphatic heterocycles. The minimum absolute atomic E-state index is 0.0555. The third kappa shape index (κ3) is 3.24. The van der Waals surface area contributed by atoms with E-state index in [2.05, 4.69) is 5.32 Å². The molecule has 3 amide bonds. The predicted molar refractivity (Wildman–Crippen MR) is 69.2 cm³/mol. The van der Waals surface area contributed by atoms with Gasteiger partial charge in [-0.05, 0) is 19.8 Å². The molecule has 0 aliphatic carbocycles. The number of rotatable bonds is 2. The van der Waals surface area contributed by atoms with Crippen LogP contribution in [0.5, 0.6) is 0 Å². The van der Waals surface area contributed by atoms with Gasteiger partial charge in [0.1, 0.15) is 6.04 Å². The lowest BCUT2D eigenvalue weighted by atomic mass is 10.2. The first-order chi connectivity index (χ1) is 9.09. The molecule has 0 aromatic carbocycles. The molecule has 0 aromatic heterocycles. The van der Waals surface area contributed by atoms with Gasteiger partial charge in [0.05, 0.1) is 6.54 Å². The molecule has 0 saturated carbocycles. The molecule has 6 nitrogen and oxygen atoms in total. The number of amides is 3. The summed E-state index contributed by atoms with van der Waals surface area (Å²) in [5, 5.41) is 2.73. The average molecular weight is 267 g/mol. The second-order valence-corrected chi connectivity index (χ2v) is 5.18. The smallest absolute Gasteiger partial charge is 0.242 e. The number of likely N-dealkylation sites (tertiary alicyclic amines) is 1. The van der Waals surface area contributed by atoms with Crippen molar-refractivity contribution in [3.63, 3.8) is 0 Å². The normalized spacial score (nSPS) is 25.0. The van der Waals surface area contributed by atoms with E-state index in [9.17, 15) is 14.4 Å². The number of piperazine rings is 1. The molecule has 2 heterocycles. The maximum Gasteiger partial charge on any atom is 0.242 e. The minimum Gasteiger partial charge on any atom is -0.353 e. The van der Waals surface area contributed by atoms with Crippen molar-refractivity contribution in [2.24, 2.45) is 0 Å². The number of carbonyl (C=O) groups excluding carboxylic acids is 3. The lowest BCUT2D eigenvalue weighted by Crippen LogP contribution is -2.57. The first-order valence-corrected chi connectivity index (χ1v) is 6.94. The molecule has 0 bridgehead atoms. The van der Waals surface area contributed by atoms with Gasteiger partial charge in [-0.2, -0.15) is 0 Å². The topological polar surface area (TPSA) is 69.7 Å². The van der Waals surface area contributed by atoms with Crippen molar-refractivity contribution in [3.05, 3.63) is 0 Å². The van der Waals surface area contributed by atoms with Gasteiger partial charge in [0, 0.05) is 26.1 Å². The second kappa shape index (κ2) is 6.04. The highest BCUT2D eigenvalue weighted by Gasteiger charge is 2.30. The molecule has 2 aliphatic rings. The predicted octanol–water partition coefficient (Wildman–Crippen LogP) is -0.264. The largest absolute Gasteiger partial charge is 0.353 e. The van der Waals surface area contributed by atoms with Crippen LogP contribution < -0.4 is 5.32 Å². The summed E-state index contributed by atoms with van der Waals surface area (Å²) in [5.41, 5.74) is 0. The Labute approximate surface area is 113 Å². The molecule has 2 saturated heterocycles. The summed E-state index contributed by atoms with van der Waals surface area (Å²) >= 11 is 0. The van der Waals surface area contributed by atoms with Crippen molar-refractivity contribution < 1.29 is 14.4 Å². The molecular formula is C13H21N3O3. The maximum absolute atomic E-state index is 12.2. The molecule has 0 spiro atoms. The van der Waals surface area contributed by atoms with Gasteiger partial charge in [0.25, 0.3) is 0 Å². The molecular weight excluding hydrogens is 246 g/mol. The Kier molecular flexibility index (Phi) is 4.39. The summed E-state index contributed by atoms with van der Waals surface area (Å²) < 4.78 is 0. The molecule has 0 aromatic rings. The Morgan fingerprint density at radius 3 is 2.84 bits per heavy atom. The lowest BCUT2D eigenvalue weighted by Gasteiger charge is -2.34. The van der Waals surface area contributed by atoms with E-state index in [-0.39, 0.29) is 24.3 Å². The Balaban J connectivity index is 1.95. The van der Waals surface area contributed by atoms with Gasteiger partial charge < -0.3 is 15.1 Å². The Morgan fingerprint density at radius 1 is 1.26 bits per heavy atom. The first kappa shape index (κ1) is 13.8. The lowest BCUT2D eigenvalue weighted by molar-refractivity contribution is -0.146. The molecule has 106 valence electrons. The number of hydrogen-bond acceptors (Lipinski definition) is 3. The van der Waals surface area contributed by atoms with E-state index in [1.807, 2.05) is 0 Å². The summed E-state index contributed by atoms with van der Waals surface area (Å²) in [5.74, 6) is -0.195. The van der Waals surface area contributed by atoms with Crippen molar-refractivity contribution >= 4 is 17.7 Å². The number of hydrogen-bond donors (Lipinski definition) is 1. The van der Waals surface area contributed by atoms with Crippen LogP contribution in [0, 0.1) is 0 Å². The van der Waals surface area contributed by atoms with Gasteiger partial charge in [-0.15, -0.1) is 0 Å². The van der Waals surface area contributed by atoms with Crippen LogP contribution in [0.25, 0.3) is 0 Å². The van der Waals surface area contributed by atoms with Crippen LogP contribution in [-0.4, -0.2) is 59.7 Å². The van der Waals surface area contributed by atoms with Crippen molar-refractivity contribution in [2.45, 2.75) is 38.6 Å². The van der Waals surface area contributed by atoms with Gasteiger partial charge in [-0.1, -0.05) is 6.42 Å². The molecule has 2 rings (SSSR count). The molecule has 1 N–H and O–H groups in total. The van der Waals surface area contributed by atoms with E-state index in [4.69, 9.17) is 0 Å². The summed E-state index contributed by atoms with van der Waals surface area (Å²) in [7, 11) is 0. The first-order valence-electron chi connectivity index (χ1n) is 6.94. The quantitative estimate of drug-likeness (QED) is 0.749. The van der Waals surface area contributed by atoms with Crippen LogP contribution in [0.3, 0.4) is 0 Å². The van der Waals surface area contributed by atoms with Crippen molar-refractivity contribution in [1.29, 1.82) is 0 Å². The molecule has 6 heteroatoms. The fourth-order valence-electron chi connectivity index (χ4n) is 2.58. The maximum atomic E-state index is 12.2. The van der Waals surface area contributed by atoms with Gasteiger partial charge in [0.2, 0.25) is 17.7 Å². The average Bonchev–Trinajstić information content (AvgIpc) is 2.58. The van der Waals surface area contributed by atoms with E-state index < -0.39 is 6.04 Å². The number of nitrogens with one attached hydrogen (secondary N) is 1. The van der Waals surface area contributed by atoms with Crippen molar-refractivity contribution in [3.8, 4) is 0 Å². The summed E-state index contributed by atoms with van der Waals surface area (Å²) in [6, 6.07) is -0.441. The van der Waals surface area contributed by atoms with Gasteiger partial charge >= 0.3 is 0 Å². The fraction of sp³-hybridized carbons (Fsp3) is 0.769. The number of nitrogens with zero attached hydrogens (tertiary/aromatic N) is 2. The monoisotopic (exact) mass is 267 g/mol. The Hall–Kier alpha value is -1.59. The van der Waals surface area contributed by atoms with Gasteiger partial charge in [-0.25, -0.2) is 0 Å². The second-order valence-electron chi connectivity index (χ2n) is 5.18. The fourth-order valence-corrected chi connectivity index (χ4v) is 2.58. The summed E-state index contributed by atoms with van der Waals surface area (Å²) in [6.07, 6.45) is 3.43. The van der Waals surface area contributed by atoms with E-state index in [1.54, 1.807) is 16.7 Å². The third-order valence-corrected chi connectivity index (χ3v) is 3.82. The van der Waals surface area contributed by atoms with Crippen LogP contribution in [0.1, 0.15) is 32.6 Å². The zero-order valence-corrected chi connectivity index (χ0v) is 11.4. The van der Waals surface area contributed by atoms with E-state index in [1.165, 1.54) is 0 Å². The van der Waals surface area contributed by atoms with Gasteiger partial charge in [0.15, 0.2) is 0 Å². The number of carbonyl (C=O) groups is 3. The molecule has 2 fully saturated rings.